The van der Waals surface area contributed by atoms with Gasteiger partial charge in [0, 0.05) is 31.1 Å². The van der Waals surface area contributed by atoms with E-state index in [9.17, 15) is 9.59 Å². The Hall–Kier alpha value is -2.73. The van der Waals surface area contributed by atoms with Gasteiger partial charge in [0.1, 0.15) is 5.82 Å². The summed E-state index contributed by atoms with van der Waals surface area (Å²) in [7, 11) is 4.22. The van der Waals surface area contributed by atoms with Crippen LogP contribution in [-0.2, 0) is 4.79 Å². The van der Waals surface area contributed by atoms with Crippen molar-refractivity contribution in [3.63, 3.8) is 0 Å². The van der Waals surface area contributed by atoms with Crippen molar-refractivity contribution in [1.82, 2.24) is 9.88 Å². The molecule has 6 nitrogen and oxygen atoms in total. The summed E-state index contributed by atoms with van der Waals surface area (Å²) in [5, 5.41) is 2.86. The average molecular weight is 364 g/mol. The van der Waals surface area contributed by atoms with Crippen molar-refractivity contribution in [2.45, 2.75) is 24.8 Å². The maximum Gasteiger partial charge on any atom is 0.233 e. The molecule has 140 valence electrons. The molecule has 1 N–H and O–H groups in total. The molecule has 0 radical (unpaired) electrons. The molecule has 2 aromatic rings. The largest absolute Gasteiger partial charge is 0.369 e. The fourth-order valence-corrected chi connectivity index (χ4v) is 3.95. The van der Waals surface area contributed by atoms with E-state index in [1.165, 1.54) is 0 Å². The molecule has 0 bridgehead atoms. The first-order valence-electron chi connectivity index (χ1n) is 9.33. The van der Waals surface area contributed by atoms with Gasteiger partial charge in [0.25, 0.3) is 0 Å². The molecule has 1 aliphatic heterocycles. The number of anilines is 2. The number of likely N-dealkylation sites (N-methyl/N-ethyl adjacent to an activating group) is 1. The minimum atomic E-state index is -0.436. The molecule has 0 spiro atoms. The van der Waals surface area contributed by atoms with Crippen LogP contribution in [0, 0.1) is 0 Å². The topological polar surface area (TPSA) is 65.5 Å². The highest BCUT2D eigenvalue weighted by atomic mass is 16.2. The van der Waals surface area contributed by atoms with Crippen molar-refractivity contribution >= 4 is 23.2 Å². The zero-order valence-corrected chi connectivity index (χ0v) is 15.7. The zero-order valence-electron chi connectivity index (χ0n) is 15.7. The van der Waals surface area contributed by atoms with Crippen molar-refractivity contribution in [3.8, 4) is 0 Å². The molecule has 0 saturated carbocycles. The van der Waals surface area contributed by atoms with Crippen LogP contribution in [0.4, 0.5) is 11.5 Å². The van der Waals surface area contributed by atoms with Gasteiger partial charge in [-0.15, -0.1) is 0 Å². The number of Topliss-reactive ketones (excluding diaryl/α,β-unsaturated/α-hetero) is 1. The van der Waals surface area contributed by atoms with Gasteiger partial charge in [-0.2, -0.15) is 0 Å². The second-order valence-corrected chi connectivity index (χ2v) is 7.51. The van der Waals surface area contributed by atoms with E-state index in [4.69, 9.17) is 0 Å². The molecule has 1 aromatic heterocycles. The maximum absolute atomic E-state index is 12.7. The Bertz CT molecular complexity index is 863. The highest BCUT2D eigenvalue weighted by Crippen LogP contribution is 2.33. The van der Waals surface area contributed by atoms with E-state index in [1.807, 2.05) is 30.3 Å². The standard InChI is InChI=1S/C21H24N4O2/c1-24(2)15-9-10-25(13-15)14-7-8-20(22-12-14)23-21(27)18-11-19(26)17-6-4-3-5-16(17)18/h3-8,12,15,18H,9-11,13H2,1-2H3,(H,22,23,27). The zero-order chi connectivity index (χ0) is 19.0. The second-order valence-electron chi connectivity index (χ2n) is 7.51. The predicted octanol–water partition coefficient (Wildman–Crippen LogP) is 2.53. The van der Waals surface area contributed by atoms with Gasteiger partial charge in [0.15, 0.2) is 5.78 Å². The molecule has 4 rings (SSSR count). The van der Waals surface area contributed by atoms with E-state index in [0.717, 1.165) is 30.8 Å². The third-order valence-electron chi connectivity index (χ3n) is 5.60. The van der Waals surface area contributed by atoms with E-state index >= 15 is 0 Å². The lowest BCUT2D eigenvalue weighted by Crippen LogP contribution is -2.31. The fourth-order valence-electron chi connectivity index (χ4n) is 3.95. The van der Waals surface area contributed by atoms with E-state index in [-0.39, 0.29) is 18.1 Å². The summed E-state index contributed by atoms with van der Waals surface area (Å²) in [4.78, 5) is 33.7. The van der Waals surface area contributed by atoms with Crippen LogP contribution in [0.1, 0.15) is 34.7 Å². The fraction of sp³-hybridized carbons (Fsp3) is 0.381. The monoisotopic (exact) mass is 364 g/mol. The van der Waals surface area contributed by atoms with E-state index < -0.39 is 5.92 Å². The van der Waals surface area contributed by atoms with Crippen molar-refractivity contribution in [3.05, 3.63) is 53.7 Å². The van der Waals surface area contributed by atoms with Crippen LogP contribution in [0.5, 0.6) is 0 Å². The Morgan fingerprint density at radius 2 is 2.04 bits per heavy atom. The first kappa shape index (κ1) is 17.7. The Morgan fingerprint density at radius 1 is 1.22 bits per heavy atom. The van der Waals surface area contributed by atoms with Crippen LogP contribution < -0.4 is 10.2 Å². The summed E-state index contributed by atoms with van der Waals surface area (Å²) in [6.07, 6.45) is 3.17. The first-order valence-corrected chi connectivity index (χ1v) is 9.33. The third kappa shape index (κ3) is 3.45. The molecular formula is C21H24N4O2. The molecule has 2 atom stereocenters. The van der Waals surface area contributed by atoms with Crippen LogP contribution in [0.15, 0.2) is 42.6 Å². The highest BCUT2D eigenvalue weighted by molar-refractivity contribution is 6.09. The minimum Gasteiger partial charge on any atom is -0.369 e. The lowest BCUT2D eigenvalue weighted by molar-refractivity contribution is -0.117. The number of nitrogens with zero attached hydrogens (tertiary/aromatic N) is 3. The average Bonchev–Trinajstić information content (AvgIpc) is 3.28. The van der Waals surface area contributed by atoms with Gasteiger partial charge in [0.2, 0.25) is 5.91 Å². The number of benzene rings is 1. The Labute approximate surface area is 159 Å². The van der Waals surface area contributed by atoms with Crippen molar-refractivity contribution < 1.29 is 9.59 Å². The van der Waals surface area contributed by atoms with Gasteiger partial charge in [-0.1, -0.05) is 24.3 Å². The summed E-state index contributed by atoms with van der Waals surface area (Å²) in [6.45, 7) is 2.00. The summed E-state index contributed by atoms with van der Waals surface area (Å²) in [6, 6.07) is 11.7. The van der Waals surface area contributed by atoms with Gasteiger partial charge in [-0.3, -0.25) is 9.59 Å². The molecule has 1 aromatic carbocycles. The van der Waals surface area contributed by atoms with Crippen molar-refractivity contribution in [2.24, 2.45) is 0 Å². The van der Waals surface area contributed by atoms with Crippen LogP contribution in [-0.4, -0.2) is 54.8 Å². The molecule has 1 saturated heterocycles. The Morgan fingerprint density at radius 3 is 2.74 bits per heavy atom. The van der Waals surface area contributed by atoms with Crippen molar-refractivity contribution in [2.75, 3.05) is 37.4 Å². The molecule has 6 heteroatoms. The quantitative estimate of drug-likeness (QED) is 0.903. The summed E-state index contributed by atoms with van der Waals surface area (Å²) >= 11 is 0. The van der Waals surface area contributed by atoms with Crippen LogP contribution in [0.2, 0.25) is 0 Å². The normalized spacial score (nSPS) is 21.6. The number of nitrogens with one attached hydrogen (secondary N) is 1. The number of ketones is 1. The van der Waals surface area contributed by atoms with Gasteiger partial charge in [-0.05, 0) is 38.2 Å². The van der Waals surface area contributed by atoms with E-state index in [1.54, 1.807) is 12.3 Å². The number of rotatable bonds is 4. The lowest BCUT2D eigenvalue weighted by Gasteiger charge is -2.21. The van der Waals surface area contributed by atoms with Crippen LogP contribution in [0.25, 0.3) is 0 Å². The molecular weight excluding hydrogens is 340 g/mol. The number of pyridine rings is 1. The summed E-state index contributed by atoms with van der Waals surface area (Å²) < 4.78 is 0. The third-order valence-corrected chi connectivity index (χ3v) is 5.60. The van der Waals surface area contributed by atoms with Crippen LogP contribution in [0.3, 0.4) is 0 Å². The van der Waals surface area contributed by atoms with Gasteiger partial charge >= 0.3 is 0 Å². The number of amides is 1. The maximum atomic E-state index is 12.7. The minimum absolute atomic E-state index is 0.0264. The highest BCUT2D eigenvalue weighted by Gasteiger charge is 2.34. The smallest absolute Gasteiger partial charge is 0.233 e. The Kier molecular flexibility index (Phi) is 4.66. The predicted molar refractivity (Wildman–Crippen MR) is 105 cm³/mol. The number of carbonyl (C=O) groups excluding carboxylic acids is 2. The molecule has 1 fully saturated rings. The summed E-state index contributed by atoms with van der Waals surface area (Å²) in [5.41, 5.74) is 2.53. The van der Waals surface area contributed by atoms with Gasteiger partial charge < -0.3 is 15.1 Å². The molecule has 1 amide bonds. The number of aromatic nitrogens is 1. The van der Waals surface area contributed by atoms with Crippen LogP contribution >= 0.6 is 0 Å². The number of hydrogen-bond acceptors (Lipinski definition) is 5. The molecule has 2 heterocycles. The number of fused-ring (bicyclic) bond motifs is 1. The number of carbonyl (C=O) groups is 2. The molecule has 2 aliphatic rings. The van der Waals surface area contributed by atoms with E-state index in [2.05, 4.69) is 34.2 Å². The molecule has 27 heavy (non-hydrogen) atoms. The molecule has 2 unspecified atom stereocenters. The summed E-state index contributed by atoms with van der Waals surface area (Å²) in [5.74, 6) is -0.0699. The van der Waals surface area contributed by atoms with E-state index in [0.29, 0.717) is 17.4 Å². The molecule has 1 aliphatic carbocycles. The van der Waals surface area contributed by atoms with Gasteiger partial charge in [0.05, 0.1) is 17.8 Å². The van der Waals surface area contributed by atoms with Gasteiger partial charge in [-0.25, -0.2) is 4.98 Å². The Balaban J connectivity index is 1.42. The number of hydrogen-bond donors (Lipinski definition) is 1. The van der Waals surface area contributed by atoms with Crippen molar-refractivity contribution in [1.29, 1.82) is 0 Å². The second kappa shape index (κ2) is 7.12. The SMILES string of the molecule is CN(C)C1CCN(c2ccc(NC(=O)C3CC(=O)c4ccccc43)nc2)C1. The first-order chi connectivity index (χ1) is 13.0. The lowest BCUT2D eigenvalue weighted by atomic mass is 10.0.